The second kappa shape index (κ2) is 17.1. The summed E-state index contributed by atoms with van der Waals surface area (Å²) in [5, 5.41) is 6.76. The first kappa shape index (κ1) is 39.6. The van der Waals surface area contributed by atoms with E-state index in [0.717, 1.165) is 76.3 Å². The van der Waals surface area contributed by atoms with Gasteiger partial charge < -0.3 is 18.3 Å². The minimum absolute atomic E-state index is 0.161. The Morgan fingerprint density at radius 2 is 0.564 bits per heavy atom. The van der Waals surface area contributed by atoms with Gasteiger partial charge >= 0.3 is 0 Å². The van der Waals surface area contributed by atoms with Crippen LogP contribution in [0.2, 0.25) is 0 Å². The predicted octanol–water partition coefficient (Wildman–Crippen LogP) is 17.8. The summed E-state index contributed by atoms with van der Waals surface area (Å²) in [5.41, 5.74) is 9.02. The van der Waals surface area contributed by atoms with E-state index in [-0.39, 0.29) is 35.7 Å². The van der Waals surface area contributed by atoms with E-state index in [4.69, 9.17) is 19.8 Å². The molecular formula is C70H42N8. The minimum atomic E-state index is 0.161. The lowest BCUT2D eigenvalue weighted by Crippen LogP contribution is -2.15. The van der Waals surface area contributed by atoms with Crippen molar-refractivity contribution in [2.75, 3.05) is 0 Å². The zero-order valence-electron chi connectivity index (χ0n) is 45.5. The Bertz CT molecular complexity index is 5360. The standard InChI is InChI=1S/C70H42N8/c1-71-63-64(75-54-36-16-8-28-46(54)47-29-9-17-37-55(47)75)62(70-73-68(44-24-4-2-5-25-44)72-69(74-70)45-26-6-3-7-27-45)65(76-56-38-18-10-30-48(56)49-31-11-19-39-57(49)76)67(78-60-42-22-14-34-52(60)53-35-15-23-43-61(53)78)66(63)77-58-40-20-12-32-50(58)51-33-13-21-41-59(51)77/h2-43H/i36D,38D,40D,42D. The van der Waals surface area contributed by atoms with Crippen molar-refractivity contribution in [2.45, 2.75) is 0 Å². The van der Waals surface area contributed by atoms with Gasteiger partial charge in [0.25, 0.3) is 0 Å². The molecule has 11 aromatic carbocycles. The number of rotatable bonds is 7. The van der Waals surface area contributed by atoms with Gasteiger partial charge in [-0.2, -0.15) is 0 Å². The summed E-state index contributed by atoms with van der Waals surface area (Å²) >= 11 is 0. The molecule has 8 nitrogen and oxygen atoms in total. The molecule has 362 valence electrons. The van der Waals surface area contributed by atoms with Crippen LogP contribution in [0.3, 0.4) is 0 Å². The van der Waals surface area contributed by atoms with Crippen LogP contribution in [-0.2, 0) is 0 Å². The Kier molecular flexibility index (Phi) is 8.66. The van der Waals surface area contributed by atoms with Gasteiger partial charge in [0.05, 0.1) is 84.5 Å². The van der Waals surface area contributed by atoms with E-state index in [1.165, 1.54) is 0 Å². The number of aromatic nitrogens is 7. The molecule has 0 bridgehead atoms. The van der Waals surface area contributed by atoms with Gasteiger partial charge in [-0.15, -0.1) is 0 Å². The fraction of sp³-hybridized carbons (Fsp3) is 0. The molecule has 0 unspecified atom stereocenters. The van der Waals surface area contributed by atoms with Crippen molar-refractivity contribution in [3.8, 4) is 56.9 Å². The second-order valence-corrected chi connectivity index (χ2v) is 19.4. The quantitative estimate of drug-likeness (QED) is 0.149. The molecule has 0 aliphatic heterocycles. The summed E-state index contributed by atoms with van der Waals surface area (Å²) in [6, 6.07) is 75.9. The molecule has 0 aliphatic rings. The van der Waals surface area contributed by atoms with Crippen LogP contribution in [0.4, 0.5) is 5.69 Å². The Morgan fingerprint density at radius 3 is 0.936 bits per heavy atom. The number of hydrogen-bond acceptors (Lipinski definition) is 3. The lowest BCUT2D eigenvalue weighted by molar-refractivity contribution is 1.02. The highest BCUT2D eigenvalue weighted by molar-refractivity contribution is 6.18. The molecule has 0 N–H and O–H groups in total. The predicted molar refractivity (Wildman–Crippen MR) is 320 cm³/mol. The molecular weight excluding hydrogens is 953 g/mol. The number of benzene rings is 11. The largest absolute Gasteiger partial charge is 0.318 e. The maximum Gasteiger partial charge on any atom is 0.236 e. The van der Waals surface area contributed by atoms with Crippen LogP contribution < -0.4 is 0 Å². The van der Waals surface area contributed by atoms with Crippen molar-refractivity contribution < 1.29 is 5.48 Å². The molecule has 0 spiro atoms. The van der Waals surface area contributed by atoms with E-state index in [1.54, 1.807) is 24.3 Å². The summed E-state index contributed by atoms with van der Waals surface area (Å²) in [4.78, 5) is 21.3. The smallest absolute Gasteiger partial charge is 0.236 e. The SMILES string of the molecule is [2H]c1cccc2c3ccccc3n(-c3c([N+]#[C-])c(-n4c5ccccc5c5cccc([2H])c54)c(-n4c5ccccc5c5cccc([2H])c54)c(-n4c5ccccc5c5cccc([2H])c54)c3-c3nc(-c4ccccc4)nc(-c4ccccc4)n3)c12. The first-order valence-electron chi connectivity index (χ1n) is 27.8. The average Bonchev–Trinajstić information content (AvgIpc) is 2.21. The highest BCUT2D eigenvalue weighted by Gasteiger charge is 2.36. The molecule has 0 aliphatic carbocycles. The molecule has 0 atom stereocenters. The minimum Gasteiger partial charge on any atom is -0.318 e. The highest BCUT2D eigenvalue weighted by atomic mass is 15.2. The first-order chi connectivity index (χ1) is 40.4. The normalized spacial score (nSPS) is 12.6. The highest BCUT2D eigenvalue weighted by Crippen LogP contribution is 2.54. The molecule has 8 heteroatoms. The van der Waals surface area contributed by atoms with E-state index in [1.807, 2.05) is 174 Å². The van der Waals surface area contributed by atoms with E-state index in [9.17, 15) is 12.1 Å². The third-order valence-corrected chi connectivity index (χ3v) is 15.3. The van der Waals surface area contributed by atoms with Gasteiger partial charge in [0.2, 0.25) is 5.69 Å². The van der Waals surface area contributed by atoms with Crippen LogP contribution in [0.5, 0.6) is 0 Å². The van der Waals surface area contributed by atoms with Gasteiger partial charge in [-0.25, -0.2) is 19.8 Å². The monoisotopic (exact) mass is 998 g/mol. The molecule has 16 aromatic rings. The molecule has 0 saturated carbocycles. The lowest BCUT2D eigenvalue weighted by atomic mass is 10.00. The number of hydrogen-bond donors (Lipinski definition) is 0. The van der Waals surface area contributed by atoms with Gasteiger partial charge in [-0.3, -0.25) is 0 Å². The van der Waals surface area contributed by atoms with E-state index in [2.05, 4.69) is 50.1 Å². The molecule has 78 heavy (non-hydrogen) atoms. The van der Waals surface area contributed by atoms with Crippen LogP contribution in [0.15, 0.2) is 255 Å². The molecule has 16 rings (SSSR count). The van der Waals surface area contributed by atoms with Crippen LogP contribution in [-0.4, -0.2) is 33.2 Å². The van der Waals surface area contributed by atoms with E-state index < -0.39 is 0 Å². The Morgan fingerprint density at radius 1 is 0.282 bits per heavy atom. The van der Waals surface area contributed by atoms with Crippen molar-refractivity contribution >= 4 is 92.9 Å². The fourth-order valence-electron chi connectivity index (χ4n) is 12.1. The van der Waals surface area contributed by atoms with Gasteiger partial charge in [-0.1, -0.05) is 206 Å². The molecule has 0 saturated heterocycles. The van der Waals surface area contributed by atoms with Crippen molar-refractivity contribution in [3.63, 3.8) is 0 Å². The van der Waals surface area contributed by atoms with E-state index >= 15 is 0 Å². The summed E-state index contributed by atoms with van der Waals surface area (Å²) in [6.45, 7) is 10.1. The number of nitrogens with zero attached hydrogens (tertiary/aromatic N) is 8. The van der Waals surface area contributed by atoms with E-state index in [0.29, 0.717) is 62.0 Å². The first-order valence-corrected chi connectivity index (χ1v) is 25.8. The van der Waals surface area contributed by atoms with Crippen molar-refractivity contribution in [3.05, 3.63) is 266 Å². The third kappa shape index (κ3) is 6.24. The van der Waals surface area contributed by atoms with Crippen molar-refractivity contribution in [1.82, 2.24) is 33.2 Å². The van der Waals surface area contributed by atoms with Crippen LogP contribution in [0.1, 0.15) is 5.48 Å². The average molecular weight is 999 g/mol. The maximum absolute atomic E-state index is 10.1. The van der Waals surface area contributed by atoms with Crippen LogP contribution in [0, 0.1) is 6.57 Å². The Labute approximate surface area is 452 Å². The van der Waals surface area contributed by atoms with Crippen molar-refractivity contribution in [1.29, 1.82) is 0 Å². The Balaban J connectivity index is 1.30. The summed E-state index contributed by atoms with van der Waals surface area (Å²) in [5.74, 6) is 0.983. The molecule has 5 heterocycles. The van der Waals surface area contributed by atoms with Gasteiger partial charge in [-0.05, 0) is 48.4 Å². The second-order valence-electron chi connectivity index (χ2n) is 19.4. The Hall–Kier alpha value is -10.9. The summed E-state index contributed by atoms with van der Waals surface area (Å²) < 4.78 is 48.6. The zero-order chi connectivity index (χ0) is 54.9. The lowest BCUT2D eigenvalue weighted by Gasteiger charge is -2.29. The zero-order valence-corrected chi connectivity index (χ0v) is 41.5. The topological polar surface area (TPSA) is 62.8 Å². The van der Waals surface area contributed by atoms with Crippen molar-refractivity contribution in [2.24, 2.45) is 0 Å². The van der Waals surface area contributed by atoms with Crippen LogP contribution >= 0.6 is 0 Å². The summed E-state index contributed by atoms with van der Waals surface area (Å²) in [7, 11) is 0. The maximum atomic E-state index is 10.1. The third-order valence-electron chi connectivity index (χ3n) is 15.3. The number of fused-ring (bicyclic) bond motifs is 12. The summed E-state index contributed by atoms with van der Waals surface area (Å²) in [6.07, 6.45) is 0. The fourth-order valence-corrected chi connectivity index (χ4v) is 12.1. The molecule has 0 amide bonds. The van der Waals surface area contributed by atoms with Gasteiger partial charge in [0, 0.05) is 54.2 Å². The van der Waals surface area contributed by atoms with Crippen LogP contribution in [0.25, 0.3) is 149 Å². The molecule has 0 radical (unpaired) electrons. The van der Waals surface area contributed by atoms with Gasteiger partial charge in [0.1, 0.15) is 0 Å². The molecule has 0 fully saturated rings. The van der Waals surface area contributed by atoms with Gasteiger partial charge in [0.15, 0.2) is 17.5 Å². The number of para-hydroxylation sites is 8. The molecule has 5 aromatic heterocycles.